The van der Waals surface area contributed by atoms with Crippen LogP contribution in [0.15, 0.2) is 48.5 Å². The molecule has 5 aromatic carbocycles. The number of fused-ring (bicyclic) bond motifs is 2. The third-order valence-corrected chi connectivity index (χ3v) is 12.5. The molecule has 2 aliphatic rings. The molecule has 18 heteroatoms. The van der Waals surface area contributed by atoms with Crippen LogP contribution >= 0.6 is 0 Å². The maximum atomic E-state index is 14.0. The molecular weight excluding hydrogens is 933 g/mol. The second-order valence-corrected chi connectivity index (χ2v) is 17.5. The van der Waals surface area contributed by atoms with Crippen molar-refractivity contribution in [2.45, 2.75) is 38.9 Å². The predicted molar refractivity (Wildman–Crippen MR) is 269 cm³/mol. The van der Waals surface area contributed by atoms with E-state index in [0.717, 1.165) is 32.3 Å². The molecule has 0 N–H and O–H groups in total. The van der Waals surface area contributed by atoms with E-state index in [1.165, 1.54) is 9.80 Å². The Bertz CT molecular complexity index is 2260. The Morgan fingerprint density at radius 2 is 0.625 bits per heavy atom. The highest BCUT2D eigenvalue weighted by molar-refractivity contribution is 6.41. The van der Waals surface area contributed by atoms with Gasteiger partial charge in [0.1, 0.15) is 0 Å². The molecule has 392 valence electrons. The molecule has 0 saturated carbocycles. The van der Waals surface area contributed by atoms with Crippen molar-refractivity contribution in [3.05, 3.63) is 70.8 Å². The molecule has 4 amide bonds. The lowest BCUT2D eigenvalue weighted by Crippen LogP contribution is -2.41. The first-order chi connectivity index (χ1) is 35.3. The van der Waals surface area contributed by atoms with E-state index in [2.05, 4.69) is 0 Å². The highest BCUT2D eigenvalue weighted by atomic mass is 16.6. The average molecular weight is 1000 g/mol. The van der Waals surface area contributed by atoms with Crippen LogP contribution in [-0.2, 0) is 56.8 Å². The van der Waals surface area contributed by atoms with Crippen LogP contribution in [0.4, 0.5) is 0 Å². The summed E-state index contributed by atoms with van der Waals surface area (Å²) in [5, 5.41) is 6.18. The van der Waals surface area contributed by atoms with Gasteiger partial charge in [0.25, 0.3) is 23.6 Å². The van der Waals surface area contributed by atoms with Gasteiger partial charge in [0.2, 0.25) is 0 Å². The molecule has 0 saturated heterocycles. The van der Waals surface area contributed by atoms with Gasteiger partial charge in [-0.2, -0.15) is 0 Å². The van der Waals surface area contributed by atoms with Gasteiger partial charge < -0.3 is 56.8 Å². The van der Waals surface area contributed by atoms with Gasteiger partial charge in [0.15, 0.2) is 0 Å². The number of benzene rings is 5. The molecule has 72 heavy (non-hydrogen) atoms. The Morgan fingerprint density at radius 1 is 0.347 bits per heavy atom. The molecule has 0 bridgehead atoms. The zero-order valence-corrected chi connectivity index (χ0v) is 42.2. The SMILES string of the molecule is COCCOCCOCCOCCO[C@@H](C)COCCCN1C(=O)c2ccc3c4ccc5c6c(ccc(c7ccc(c2c37)C1=O)c64)C(=O)N(CCCOC[C@H](C)OCCOCCOCCOCCOC)C5=O. The predicted octanol–water partition coefficient (Wildman–Crippen LogP) is 5.95. The fourth-order valence-electron chi connectivity index (χ4n) is 9.00. The summed E-state index contributed by atoms with van der Waals surface area (Å²) in [4.78, 5) is 58.8. The van der Waals surface area contributed by atoms with E-state index in [1.54, 1.807) is 38.5 Å². The maximum Gasteiger partial charge on any atom is 0.261 e. The zero-order valence-electron chi connectivity index (χ0n) is 42.2. The summed E-state index contributed by atoms with van der Waals surface area (Å²) >= 11 is 0. The van der Waals surface area contributed by atoms with Gasteiger partial charge in [0.05, 0.1) is 131 Å². The van der Waals surface area contributed by atoms with Crippen molar-refractivity contribution in [2.75, 3.05) is 159 Å². The van der Waals surface area contributed by atoms with Crippen LogP contribution in [-0.4, -0.2) is 205 Å². The van der Waals surface area contributed by atoms with Crippen molar-refractivity contribution >= 4 is 66.7 Å². The van der Waals surface area contributed by atoms with Crippen LogP contribution in [0.5, 0.6) is 0 Å². The fraction of sp³-hybridized carbons (Fsp3) is 0.556. The summed E-state index contributed by atoms with van der Waals surface area (Å²) in [6.07, 6.45) is 0.588. The van der Waals surface area contributed by atoms with E-state index in [0.29, 0.717) is 178 Å². The first-order valence-corrected chi connectivity index (χ1v) is 25.0. The topological polar surface area (TPSA) is 186 Å². The third-order valence-electron chi connectivity index (χ3n) is 12.5. The van der Waals surface area contributed by atoms with Crippen molar-refractivity contribution in [3.8, 4) is 0 Å². The highest BCUT2D eigenvalue weighted by Crippen LogP contribution is 2.46. The summed E-state index contributed by atoms with van der Waals surface area (Å²) in [6.45, 7) is 13.4. The number of amides is 4. The minimum atomic E-state index is -0.356. The van der Waals surface area contributed by atoms with Gasteiger partial charge in [-0.25, -0.2) is 0 Å². The minimum Gasteiger partial charge on any atom is -0.382 e. The molecule has 0 spiro atoms. The van der Waals surface area contributed by atoms with Gasteiger partial charge in [-0.05, 0) is 83.3 Å². The number of rotatable bonds is 38. The molecular formula is C54H70N2O16. The van der Waals surface area contributed by atoms with Crippen LogP contribution in [0.1, 0.15) is 68.1 Å². The van der Waals surface area contributed by atoms with Gasteiger partial charge in [-0.3, -0.25) is 29.0 Å². The van der Waals surface area contributed by atoms with E-state index < -0.39 is 0 Å². The van der Waals surface area contributed by atoms with E-state index in [9.17, 15) is 19.2 Å². The van der Waals surface area contributed by atoms with Crippen molar-refractivity contribution in [3.63, 3.8) is 0 Å². The number of hydrogen-bond donors (Lipinski definition) is 0. The summed E-state index contributed by atoms with van der Waals surface area (Å²) in [6, 6.07) is 14.8. The van der Waals surface area contributed by atoms with Crippen molar-refractivity contribution in [2.24, 2.45) is 0 Å². The molecule has 0 aliphatic carbocycles. The largest absolute Gasteiger partial charge is 0.382 e. The summed E-state index contributed by atoms with van der Waals surface area (Å²) < 4.78 is 65.9. The Labute approximate surface area is 420 Å². The summed E-state index contributed by atoms with van der Waals surface area (Å²) in [5.74, 6) is -1.43. The fourth-order valence-corrected chi connectivity index (χ4v) is 9.00. The second kappa shape index (κ2) is 28.6. The second-order valence-electron chi connectivity index (χ2n) is 17.5. The van der Waals surface area contributed by atoms with Crippen molar-refractivity contribution in [1.29, 1.82) is 0 Å². The standard InChI is InChI=1S/C54H70N2O16/c1-37(71-33-31-67-29-27-65-25-23-63-21-19-61-3)35-69-17-5-15-55-51(57)43-11-7-39-41-9-13-45-50-46(14-10-42(48(41)50)40-8-12-44(52(55)58)49(43)47(39)40)54(60)56(53(45)59)16-6-18-70-36-38(2)72-34-32-68-30-28-66-26-24-64-22-20-62-4/h7-14,37-38H,5-6,15-36H2,1-4H3/t37-,38-/m0/s1. The Kier molecular flexibility index (Phi) is 21.8. The molecule has 2 heterocycles. The first kappa shape index (κ1) is 55.0. The smallest absolute Gasteiger partial charge is 0.261 e. The van der Waals surface area contributed by atoms with E-state index in [-0.39, 0.29) is 48.9 Å². The molecule has 0 unspecified atom stereocenters. The molecule has 2 atom stereocenters. The lowest BCUT2D eigenvalue weighted by atomic mass is 9.82. The lowest BCUT2D eigenvalue weighted by Gasteiger charge is -2.30. The van der Waals surface area contributed by atoms with Gasteiger partial charge in [0, 0.05) is 73.5 Å². The number of carbonyl (C=O) groups excluding carboxylic acids is 4. The maximum absolute atomic E-state index is 14.0. The molecule has 2 aliphatic heterocycles. The van der Waals surface area contributed by atoms with E-state index in [1.807, 2.05) is 38.1 Å². The molecule has 0 radical (unpaired) electrons. The third kappa shape index (κ3) is 13.9. The van der Waals surface area contributed by atoms with Crippen LogP contribution in [0, 0.1) is 0 Å². The number of nitrogens with zero attached hydrogens (tertiary/aromatic N) is 2. The number of imide groups is 2. The Hall–Kier alpha value is -4.80. The zero-order chi connectivity index (χ0) is 50.7. The van der Waals surface area contributed by atoms with Gasteiger partial charge in [-0.1, -0.05) is 24.3 Å². The van der Waals surface area contributed by atoms with Crippen LogP contribution in [0.25, 0.3) is 43.1 Å². The van der Waals surface area contributed by atoms with Crippen molar-refractivity contribution in [1.82, 2.24) is 9.80 Å². The number of carbonyl (C=O) groups is 4. The molecule has 7 rings (SSSR count). The van der Waals surface area contributed by atoms with Crippen LogP contribution in [0.2, 0.25) is 0 Å². The molecule has 0 fully saturated rings. The summed E-state index contributed by atoms with van der Waals surface area (Å²) in [7, 11) is 3.26. The van der Waals surface area contributed by atoms with Crippen molar-refractivity contribution < 1.29 is 76.0 Å². The highest BCUT2D eigenvalue weighted by Gasteiger charge is 2.36. The Morgan fingerprint density at radius 3 is 0.917 bits per heavy atom. The Balaban J connectivity index is 0.866. The molecule has 18 nitrogen and oxygen atoms in total. The summed E-state index contributed by atoms with van der Waals surface area (Å²) in [5.41, 5.74) is 1.81. The normalized spacial score (nSPS) is 14.7. The van der Waals surface area contributed by atoms with Gasteiger partial charge in [-0.15, -0.1) is 0 Å². The number of methoxy groups -OCH3 is 2. The van der Waals surface area contributed by atoms with Gasteiger partial charge >= 0.3 is 0 Å². The van der Waals surface area contributed by atoms with Crippen LogP contribution < -0.4 is 0 Å². The monoisotopic (exact) mass is 1000 g/mol. The molecule has 5 aromatic rings. The van der Waals surface area contributed by atoms with E-state index in [4.69, 9.17) is 56.8 Å². The lowest BCUT2D eigenvalue weighted by molar-refractivity contribution is -0.0403. The van der Waals surface area contributed by atoms with E-state index >= 15 is 0 Å². The average Bonchev–Trinajstić information content (AvgIpc) is 3.38. The first-order valence-electron chi connectivity index (χ1n) is 25.0. The van der Waals surface area contributed by atoms with Crippen LogP contribution in [0.3, 0.4) is 0 Å². The quantitative estimate of drug-likeness (QED) is 0.0196. The number of hydrogen-bond acceptors (Lipinski definition) is 16. The molecule has 0 aromatic heterocycles. The number of ether oxygens (including phenoxy) is 12. The minimum absolute atomic E-state index is 0.164.